The zero-order valence-electron chi connectivity index (χ0n) is 15.0. The van der Waals surface area contributed by atoms with Crippen molar-refractivity contribution in [2.24, 2.45) is 0 Å². The largest absolute Gasteiger partial charge is 0.369 e. The molecule has 25 heavy (non-hydrogen) atoms. The minimum atomic E-state index is 0.0312. The number of likely N-dealkylation sites (N-methyl/N-ethyl adjacent to an activating group) is 1. The number of anilines is 2. The maximum atomic E-state index is 12.3. The molecular formula is C20H26N4O. The average molecular weight is 338 g/mol. The van der Waals surface area contributed by atoms with Crippen LogP contribution in [0.3, 0.4) is 0 Å². The molecule has 1 unspecified atom stereocenters. The first-order valence-electron chi connectivity index (χ1n) is 8.85. The van der Waals surface area contributed by atoms with E-state index in [1.54, 1.807) is 6.20 Å². The van der Waals surface area contributed by atoms with Crippen LogP contribution in [0.5, 0.6) is 0 Å². The number of aromatic nitrogens is 1. The number of pyridine rings is 1. The molecule has 1 aromatic carbocycles. The monoisotopic (exact) mass is 338 g/mol. The van der Waals surface area contributed by atoms with Gasteiger partial charge in [0, 0.05) is 56.4 Å². The first-order valence-corrected chi connectivity index (χ1v) is 8.85. The fraction of sp³-hybridized carbons (Fsp3) is 0.400. The fourth-order valence-electron chi connectivity index (χ4n) is 3.10. The molecule has 0 aliphatic carbocycles. The first-order chi connectivity index (χ1) is 12.1. The predicted octanol–water partition coefficient (Wildman–Crippen LogP) is 2.97. The van der Waals surface area contributed by atoms with Gasteiger partial charge in [0.2, 0.25) is 5.91 Å². The maximum Gasteiger partial charge on any atom is 0.224 e. The van der Waals surface area contributed by atoms with Crippen LogP contribution in [0.2, 0.25) is 0 Å². The number of piperazine rings is 1. The van der Waals surface area contributed by atoms with Crippen molar-refractivity contribution >= 4 is 17.3 Å². The van der Waals surface area contributed by atoms with Gasteiger partial charge in [-0.2, -0.15) is 0 Å². The highest BCUT2D eigenvalue weighted by Gasteiger charge is 2.15. The van der Waals surface area contributed by atoms with E-state index in [1.807, 2.05) is 37.4 Å². The van der Waals surface area contributed by atoms with E-state index in [1.165, 1.54) is 5.69 Å². The van der Waals surface area contributed by atoms with E-state index in [4.69, 9.17) is 0 Å². The van der Waals surface area contributed by atoms with E-state index in [0.717, 1.165) is 37.4 Å². The van der Waals surface area contributed by atoms with Gasteiger partial charge in [-0.1, -0.05) is 13.0 Å². The Balaban J connectivity index is 1.53. The Morgan fingerprint density at radius 1 is 1.16 bits per heavy atom. The van der Waals surface area contributed by atoms with Crippen LogP contribution in [-0.2, 0) is 4.79 Å². The highest BCUT2D eigenvalue weighted by Crippen LogP contribution is 2.21. The summed E-state index contributed by atoms with van der Waals surface area (Å²) in [6, 6.07) is 12.1. The van der Waals surface area contributed by atoms with Crippen LogP contribution < -0.4 is 10.2 Å². The number of carbonyl (C=O) groups is 1. The molecule has 0 saturated carbocycles. The molecule has 132 valence electrons. The van der Waals surface area contributed by atoms with Gasteiger partial charge in [0.15, 0.2) is 0 Å². The third kappa shape index (κ3) is 4.79. The van der Waals surface area contributed by atoms with E-state index >= 15 is 0 Å². The molecule has 5 heteroatoms. The molecule has 0 bridgehead atoms. The van der Waals surface area contributed by atoms with Crippen LogP contribution in [-0.4, -0.2) is 49.0 Å². The smallest absolute Gasteiger partial charge is 0.224 e. The molecule has 1 aromatic heterocycles. The summed E-state index contributed by atoms with van der Waals surface area (Å²) in [5.74, 6) is 0.182. The van der Waals surface area contributed by atoms with Crippen LogP contribution >= 0.6 is 0 Å². The number of nitrogens with zero attached hydrogens (tertiary/aromatic N) is 3. The summed E-state index contributed by atoms with van der Waals surface area (Å²) < 4.78 is 0. The molecule has 2 heterocycles. The van der Waals surface area contributed by atoms with Gasteiger partial charge in [0.25, 0.3) is 0 Å². The van der Waals surface area contributed by atoms with Crippen LogP contribution in [0.4, 0.5) is 11.4 Å². The van der Waals surface area contributed by atoms with Crippen molar-refractivity contribution in [1.82, 2.24) is 9.88 Å². The second-order valence-electron chi connectivity index (χ2n) is 6.78. The number of carbonyl (C=O) groups excluding carboxylic acids is 1. The second-order valence-corrected chi connectivity index (χ2v) is 6.78. The van der Waals surface area contributed by atoms with Crippen molar-refractivity contribution in [2.75, 3.05) is 43.4 Å². The summed E-state index contributed by atoms with van der Waals surface area (Å²) in [4.78, 5) is 21.1. The molecule has 1 fully saturated rings. The standard InChI is InChI=1S/C20H26N4O/c1-16(17-4-3-9-21-15-17)14-20(25)22-18-5-7-19(8-6-18)24-12-10-23(2)11-13-24/h3-9,15-16H,10-14H2,1-2H3,(H,22,25). The van der Waals surface area contributed by atoms with E-state index in [9.17, 15) is 4.79 Å². The predicted molar refractivity (Wildman–Crippen MR) is 102 cm³/mol. The lowest BCUT2D eigenvalue weighted by atomic mass is 9.99. The number of amides is 1. The van der Waals surface area contributed by atoms with Crippen molar-refractivity contribution in [3.63, 3.8) is 0 Å². The Morgan fingerprint density at radius 3 is 2.52 bits per heavy atom. The van der Waals surface area contributed by atoms with Crippen molar-refractivity contribution in [3.05, 3.63) is 54.4 Å². The SMILES string of the molecule is CC(CC(=O)Nc1ccc(N2CCN(C)CC2)cc1)c1cccnc1. The molecule has 5 nitrogen and oxygen atoms in total. The summed E-state index contributed by atoms with van der Waals surface area (Å²) in [5.41, 5.74) is 3.15. The molecular weight excluding hydrogens is 312 g/mol. The summed E-state index contributed by atoms with van der Waals surface area (Å²) in [7, 11) is 2.16. The lowest BCUT2D eigenvalue weighted by molar-refractivity contribution is -0.116. The highest BCUT2D eigenvalue weighted by molar-refractivity contribution is 5.91. The lowest BCUT2D eigenvalue weighted by Crippen LogP contribution is -2.44. The van der Waals surface area contributed by atoms with Crippen LogP contribution in [0.1, 0.15) is 24.8 Å². The molecule has 3 rings (SSSR count). The molecule has 1 N–H and O–H groups in total. The van der Waals surface area contributed by atoms with Gasteiger partial charge in [-0.3, -0.25) is 9.78 Å². The molecule has 1 aliphatic rings. The van der Waals surface area contributed by atoms with Gasteiger partial charge in [-0.25, -0.2) is 0 Å². The first kappa shape index (κ1) is 17.4. The quantitative estimate of drug-likeness (QED) is 0.910. The van der Waals surface area contributed by atoms with Gasteiger partial charge < -0.3 is 15.1 Å². The minimum Gasteiger partial charge on any atom is -0.369 e. The Kier molecular flexibility index (Phi) is 5.66. The lowest BCUT2D eigenvalue weighted by Gasteiger charge is -2.34. The average Bonchev–Trinajstić information content (AvgIpc) is 2.64. The van der Waals surface area contributed by atoms with E-state index in [2.05, 4.69) is 39.3 Å². The number of nitrogens with one attached hydrogen (secondary N) is 1. The normalized spacial score (nSPS) is 16.5. The zero-order valence-corrected chi connectivity index (χ0v) is 15.0. The fourth-order valence-corrected chi connectivity index (χ4v) is 3.10. The van der Waals surface area contributed by atoms with Gasteiger partial charge >= 0.3 is 0 Å². The van der Waals surface area contributed by atoms with Crippen LogP contribution in [0, 0.1) is 0 Å². The number of hydrogen-bond acceptors (Lipinski definition) is 4. The van der Waals surface area contributed by atoms with Crippen LogP contribution in [0.15, 0.2) is 48.8 Å². The van der Waals surface area contributed by atoms with Gasteiger partial charge in [-0.05, 0) is 48.9 Å². The van der Waals surface area contributed by atoms with E-state index in [-0.39, 0.29) is 11.8 Å². The number of hydrogen-bond donors (Lipinski definition) is 1. The topological polar surface area (TPSA) is 48.5 Å². The Morgan fingerprint density at radius 2 is 1.88 bits per heavy atom. The van der Waals surface area contributed by atoms with Gasteiger partial charge in [0.1, 0.15) is 0 Å². The molecule has 1 saturated heterocycles. The molecule has 2 aromatic rings. The van der Waals surface area contributed by atoms with Gasteiger partial charge in [0.05, 0.1) is 0 Å². The van der Waals surface area contributed by atoms with Crippen molar-refractivity contribution in [2.45, 2.75) is 19.3 Å². The highest BCUT2D eigenvalue weighted by atomic mass is 16.1. The molecule has 1 amide bonds. The van der Waals surface area contributed by atoms with Crippen molar-refractivity contribution in [1.29, 1.82) is 0 Å². The van der Waals surface area contributed by atoms with E-state index in [0.29, 0.717) is 6.42 Å². The van der Waals surface area contributed by atoms with Crippen molar-refractivity contribution < 1.29 is 4.79 Å². The molecule has 0 radical (unpaired) electrons. The Bertz CT molecular complexity index is 679. The minimum absolute atomic E-state index is 0.0312. The van der Waals surface area contributed by atoms with Gasteiger partial charge in [-0.15, -0.1) is 0 Å². The Hall–Kier alpha value is -2.40. The zero-order chi connectivity index (χ0) is 17.6. The van der Waals surface area contributed by atoms with Crippen LogP contribution in [0.25, 0.3) is 0 Å². The third-order valence-electron chi connectivity index (χ3n) is 4.76. The Labute approximate surface area is 149 Å². The summed E-state index contributed by atoms with van der Waals surface area (Å²) in [6.07, 6.45) is 4.02. The summed E-state index contributed by atoms with van der Waals surface area (Å²) >= 11 is 0. The number of rotatable bonds is 5. The molecule has 0 spiro atoms. The van der Waals surface area contributed by atoms with Crippen molar-refractivity contribution in [3.8, 4) is 0 Å². The second kappa shape index (κ2) is 8.12. The maximum absolute atomic E-state index is 12.3. The summed E-state index contributed by atoms with van der Waals surface area (Å²) in [6.45, 7) is 6.32. The van der Waals surface area contributed by atoms with E-state index < -0.39 is 0 Å². The third-order valence-corrected chi connectivity index (χ3v) is 4.76. The molecule has 1 aliphatic heterocycles. The molecule has 1 atom stereocenters. The summed E-state index contributed by atoms with van der Waals surface area (Å²) in [5, 5.41) is 2.99. The number of benzene rings is 1.